The molecule has 1 N–H and O–H groups in total. The van der Waals surface area contributed by atoms with Crippen LogP contribution in [0, 0.1) is 0 Å². The Morgan fingerprint density at radius 2 is 2.30 bits per heavy atom. The molecular weight excluding hydrogens is 250 g/mol. The van der Waals surface area contributed by atoms with Crippen LogP contribution in [-0.2, 0) is 4.79 Å². The number of carbonyl (C=O) groups excluding carboxylic acids is 1. The second kappa shape index (κ2) is 7.79. The topological polar surface area (TPSA) is 35.6 Å². The molecule has 1 heterocycles. The van der Waals surface area contributed by atoms with Crippen molar-refractivity contribution in [3.8, 4) is 0 Å². The summed E-state index contributed by atoms with van der Waals surface area (Å²) >= 11 is 0. The maximum Gasteiger partial charge on any atom is 0.240 e. The van der Waals surface area contributed by atoms with E-state index in [1.54, 1.807) is 0 Å². The van der Waals surface area contributed by atoms with Gasteiger partial charge in [0.15, 0.2) is 0 Å². The largest absolute Gasteiger partial charge is 0.318 e. The Balaban J connectivity index is 1.84. The van der Waals surface area contributed by atoms with Crippen LogP contribution >= 0.6 is 0 Å². The van der Waals surface area contributed by atoms with Gasteiger partial charge >= 0.3 is 0 Å². The lowest BCUT2D eigenvalue weighted by Gasteiger charge is -2.27. The molecule has 1 aliphatic heterocycles. The van der Waals surface area contributed by atoms with Crippen molar-refractivity contribution in [2.24, 2.45) is 0 Å². The molecule has 1 aliphatic carbocycles. The zero-order valence-electron chi connectivity index (χ0n) is 13.0. The Morgan fingerprint density at radius 1 is 1.45 bits per heavy atom. The van der Waals surface area contributed by atoms with Crippen LogP contribution < -0.4 is 5.32 Å². The van der Waals surface area contributed by atoms with Crippen LogP contribution in [0.1, 0.15) is 45.4 Å². The van der Waals surface area contributed by atoms with E-state index < -0.39 is 0 Å². The number of rotatable bonds is 7. The smallest absolute Gasteiger partial charge is 0.240 e. The molecule has 114 valence electrons. The van der Waals surface area contributed by atoms with Crippen LogP contribution in [0.25, 0.3) is 0 Å². The van der Waals surface area contributed by atoms with E-state index in [1.807, 2.05) is 11.9 Å². The molecule has 20 heavy (non-hydrogen) atoms. The molecule has 1 fully saturated rings. The third-order valence-electron chi connectivity index (χ3n) is 4.36. The number of nitrogens with one attached hydrogen (secondary N) is 1. The van der Waals surface area contributed by atoms with Crippen molar-refractivity contribution in [1.29, 1.82) is 0 Å². The van der Waals surface area contributed by atoms with Crippen molar-refractivity contribution in [1.82, 2.24) is 15.1 Å². The van der Waals surface area contributed by atoms with Crippen LogP contribution in [0.2, 0.25) is 0 Å². The van der Waals surface area contributed by atoms with E-state index in [0.29, 0.717) is 12.6 Å². The lowest BCUT2D eigenvalue weighted by molar-refractivity contribution is -0.129. The Kier molecular flexibility index (Phi) is 6.05. The Labute approximate surface area is 123 Å². The monoisotopic (exact) mass is 279 g/mol. The first-order valence-corrected chi connectivity index (χ1v) is 8.12. The molecule has 0 aromatic carbocycles. The normalized spacial score (nSPS) is 22.4. The van der Waals surface area contributed by atoms with Crippen molar-refractivity contribution in [2.75, 3.05) is 33.2 Å². The molecule has 1 unspecified atom stereocenters. The zero-order valence-corrected chi connectivity index (χ0v) is 13.0. The maximum atomic E-state index is 12.4. The van der Waals surface area contributed by atoms with E-state index in [1.165, 1.54) is 25.0 Å². The van der Waals surface area contributed by atoms with Crippen molar-refractivity contribution in [3.63, 3.8) is 0 Å². The Hall–Kier alpha value is -0.870. The van der Waals surface area contributed by atoms with Crippen LogP contribution in [0.3, 0.4) is 0 Å². The van der Waals surface area contributed by atoms with Gasteiger partial charge in [0, 0.05) is 25.3 Å². The summed E-state index contributed by atoms with van der Waals surface area (Å²) in [4.78, 5) is 16.6. The van der Waals surface area contributed by atoms with Gasteiger partial charge in [-0.1, -0.05) is 13.0 Å². The number of nitrogens with zero attached hydrogens (tertiary/aromatic N) is 2. The summed E-state index contributed by atoms with van der Waals surface area (Å²) < 4.78 is 0. The average Bonchev–Trinajstić information content (AvgIpc) is 3.11. The van der Waals surface area contributed by atoms with E-state index in [9.17, 15) is 4.79 Å². The summed E-state index contributed by atoms with van der Waals surface area (Å²) in [5, 5.41) is 3.53. The van der Waals surface area contributed by atoms with Gasteiger partial charge in [0.05, 0.1) is 6.54 Å². The quantitative estimate of drug-likeness (QED) is 0.774. The summed E-state index contributed by atoms with van der Waals surface area (Å²) in [5.41, 5.74) is 1.21. The van der Waals surface area contributed by atoms with Crippen LogP contribution in [-0.4, -0.2) is 55.0 Å². The second-order valence-electron chi connectivity index (χ2n) is 6.07. The minimum absolute atomic E-state index is 0.240. The third-order valence-corrected chi connectivity index (χ3v) is 4.36. The summed E-state index contributed by atoms with van der Waals surface area (Å²) in [7, 11) is 1.93. The first-order valence-electron chi connectivity index (χ1n) is 8.12. The van der Waals surface area contributed by atoms with Gasteiger partial charge in [-0.15, -0.1) is 0 Å². The van der Waals surface area contributed by atoms with Crippen LogP contribution in [0.4, 0.5) is 0 Å². The van der Waals surface area contributed by atoms with E-state index >= 15 is 0 Å². The molecule has 1 amide bonds. The fourth-order valence-electron chi connectivity index (χ4n) is 3.19. The molecule has 0 aromatic rings. The van der Waals surface area contributed by atoms with Crippen LogP contribution in [0.5, 0.6) is 0 Å². The second-order valence-corrected chi connectivity index (χ2v) is 6.07. The summed E-state index contributed by atoms with van der Waals surface area (Å²) in [6.07, 6.45) is 9.20. The van der Waals surface area contributed by atoms with Crippen molar-refractivity contribution >= 4 is 5.91 Å². The van der Waals surface area contributed by atoms with Gasteiger partial charge in [-0.2, -0.15) is 0 Å². The maximum absolute atomic E-state index is 12.4. The molecule has 0 aromatic heterocycles. The van der Waals surface area contributed by atoms with Crippen molar-refractivity contribution in [2.45, 2.75) is 51.5 Å². The van der Waals surface area contributed by atoms with E-state index in [4.69, 9.17) is 0 Å². The SMILES string of the molecule is CCCN(CC(=O)N(C)C1=CCCC1)CC1CCCN1. The molecule has 1 atom stereocenters. The number of hydrogen-bond acceptors (Lipinski definition) is 3. The zero-order chi connectivity index (χ0) is 14.4. The summed E-state index contributed by atoms with van der Waals surface area (Å²) in [6.45, 7) is 5.89. The van der Waals surface area contributed by atoms with Crippen molar-refractivity contribution in [3.05, 3.63) is 11.8 Å². The fourth-order valence-corrected chi connectivity index (χ4v) is 3.19. The van der Waals surface area contributed by atoms with Crippen LogP contribution in [0.15, 0.2) is 11.8 Å². The molecule has 0 saturated carbocycles. The molecule has 2 aliphatic rings. The number of carbonyl (C=O) groups is 1. The average molecular weight is 279 g/mol. The van der Waals surface area contributed by atoms with Gasteiger partial charge in [-0.05, 0) is 51.6 Å². The highest BCUT2D eigenvalue weighted by molar-refractivity contribution is 5.79. The Morgan fingerprint density at radius 3 is 2.90 bits per heavy atom. The molecule has 4 nitrogen and oxygen atoms in total. The van der Waals surface area contributed by atoms with Gasteiger partial charge in [0.25, 0.3) is 0 Å². The van der Waals surface area contributed by atoms with Gasteiger partial charge in [0.1, 0.15) is 0 Å². The van der Waals surface area contributed by atoms with Gasteiger partial charge < -0.3 is 10.2 Å². The highest BCUT2D eigenvalue weighted by Gasteiger charge is 2.22. The molecule has 0 radical (unpaired) electrons. The summed E-state index contributed by atoms with van der Waals surface area (Å²) in [5.74, 6) is 0.240. The standard InChI is InChI=1S/C16H29N3O/c1-3-11-19(12-14-7-6-10-17-14)13-16(20)18(2)15-8-4-5-9-15/h8,14,17H,3-7,9-13H2,1-2H3. The van der Waals surface area contributed by atoms with Gasteiger partial charge in [-0.25, -0.2) is 0 Å². The van der Waals surface area contributed by atoms with Gasteiger partial charge in [0.2, 0.25) is 5.91 Å². The van der Waals surface area contributed by atoms with E-state index in [0.717, 1.165) is 38.9 Å². The minimum atomic E-state index is 0.240. The van der Waals surface area contributed by atoms with Gasteiger partial charge in [-0.3, -0.25) is 9.69 Å². The minimum Gasteiger partial charge on any atom is -0.318 e. The fraction of sp³-hybridized carbons (Fsp3) is 0.812. The first kappa shape index (κ1) is 15.5. The highest BCUT2D eigenvalue weighted by atomic mass is 16.2. The number of allylic oxidation sites excluding steroid dienone is 2. The summed E-state index contributed by atoms with van der Waals surface area (Å²) in [6, 6.07) is 0.574. The molecule has 1 saturated heterocycles. The van der Waals surface area contributed by atoms with E-state index in [-0.39, 0.29) is 5.91 Å². The number of likely N-dealkylation sites (N-methyl/N-ethyl adjacent to an activating group) is 1. The number of amides is 1. The molecular formula is C16H29N3O. The lowest BCUT2D eigenvalue weighted by atomic mass is 10.2. The molecule has 4 heteroatoms. The number of hydrogen-bond donors (Lipinski definition) is 1. The predicted molar refractivity (Wildman–Crippen MR) is 82.5 cm³/mol. The lowest BCUT2D eigenvalue weighted by Crippen LogP contribution is -2.43. The molecule has 0 spiro atoms. The predicted octanol–water partition coefficient (Wildman–Crippen LogP) is 1.98. The Bertz CT molecular complexity index is 348. The van der Waals surface area contributed by atoms with E-state index in [2.05, 4.69) is 23.2 Å². The third kappa shape index (κ3) is 4.32. The molecule has 0 bridgehead atoms. The van der Waals surface area contributed by atoms with Crippen molar-refractivity contribution < 1.29 is 4.79 Å². The molecule has 2 rings (SSSR count). The highest BCUT2D eigenvalue weighted by Crippen LogP contribution is 2.20. The first-order chi connectivity index (χ1) is 9.70.